The Morgan fingerprint density at radius 1 is 0.750 bits per heavy atom. The first kappa shape index (κ1) is 26.1. The molecular weight excluding hydrogens is 436 g/mol. The number of likely N-dealkylation sites (N-methyl/N-ethyl adjacent to an activating group) is 2. The van der Waals surface area contributed by atoms with Crippen LogP contribution in [0.1, 0.15) is 49.3 Å². The van der Waals surface area contributed by atoms with E-state index in [1.165, 1.54) is 40.3 Å². The van der Waals surface area contributed by atoms with Gasteiger partial charge in [0.05, 0.1) is 5.54 Å². The van der Waals surface area contributed by atoms with Crippen molar-refractivity contribution in [3.8, 4) is 0 Å². The van der Waals surface area contributed by atoms with Crippen LogP contribution in [0.2, 0.25) is 0 Å². The first-order valence-corrected chi connectivity index (χ1v) is 13.5. The summed E-state index contributed by atoms with van der Waals surface area (Å²) in [4.78, 5) is 0. The Morgan fingerprint density at radius 3 is 2.03 bits per heavy atom. The molecule has 0 aromatic heterocycles. The van der Waals surface area contributed by atoms with Gasteiger partial charge in [0, 0.05) is 12.0 Å². The highest BCUT2D eigenvalue weighted by atomic mass is 15.0. The van der Waals surface area contributed by atoms with Crippen molar-refractivity contribution in [2.45, 2.75) is 57.0 Å². The van der Waals surface area contributed by atoms with E-state index in [9.17, 15) is 0 Å². The van der Waals surface area contributed by atoms with Crippen molar-refractivity contribution in [2.75, 3.05) is 14.1 Å². The van der Waals surface area contributed by atoms with Crippen molar-refractivity contribution >= 4 is 10.8 Å². The molecule has 4 rings (SSSR count). The highest BCUT2D eigenvalue weighted by Crippen LogP contribution is 2.42. The maximum Gasteiger partial charge on any atom is 0.0536 e. The molecule has 0 bridgehead atoms. The van der Waals surface area contributed by atoms with Crippen molar-refractivity contribution in [3.63, 3.8) is 0 Å². The first-order valence-electron chi connectivity index (χ1n) is 13.5. The summed E-state index contributed by atoms with van der Waals surface area (Å²) >= 11 is 0. The first-order chi connectivity index (χ1) is 17.7. The Kier molecular flexibility index (Phi) is 9.33. The van der Waals surface area contributed by atoms with Crippen LogP contribution >= 0.6 is 0 Å². The van der Waals surface area contributed by atoms with Gasteiger partial charge in [-0.2, -0.15) is 0 Å². The van der Waals surface area contributed by atoms with Gasteiger partial charge in [-0.1, -0.05) is 117 Å². The van der Waals surface area contributed by atoms with Crippen LogP contribution in [0.5, 0.6) is 0 Å². The third kappa shape index (κ3) is 6.24. The second kappa shape index (κ2) is 12.9. The molecule has 0 aliphatic heterocycles. The molecule has 2 N–H and O–H groups in total. The fourth-order valence-corrected chi connectivity index (χ4v) is 5.55. The second-order valence-corrected chi connectivity index (χ2v) is 9.97. The van der Waals surface area contributed by atoms with Crippen LogP contribution < -0.4 is 10.6 Å². The van der Waals surface area contributed by atoms with E-state index in [1.807, 2.05) is 0 Å². The molecule has 36 heavy (non-hydrogen) atoms. The van der Waals surface area contributed by atoms with Crippen LogP contribution in [0.25, 0.3) is 10.8 Å². The number of fused-ring (bicyclic) bond motifs is 1. The lowest BCUT2D eigenvalue weighted by molar-refractivity contribution is 0.316. The minimum absolute atomic E-state index is 0.244. The summed E-state index contributed by atoms with van der Waals surface area (Å²) in [6.07, 6.45) is 6.49. The summed E-state index contributed by atoms with van der Waals surface area (Å²) in [5.41, 5.74) is 3.86. The predicted molar refractivity (Wildman–Crippen MR) is 155 cm³/mol. The van der Waals surface area contributed by atoms with E-state index in [1.54, 1.807) is 5.92 Å². The highest BCUT2D eigenvalue weighted by molar-refractivity contribution is 5.83. The molecule has 0 heterocycles. The third-order valence-corrected chi connectivity index (χ3v) is 7.64. The van der Waals surface area contributed by atoms with Gasteiger partial charge < -0.3 is 10.6 Å². The largest absolute Gasteiger partial charge is 0.317 e. The molecule has 0 aliphatic carbocycles. The van der Waals surface area contributed by atoms with Gasteiger partial charge in [0.1, 0.15) is 0 Å². The number of rotatable bonds is 13. The molecule has 0 saturated heterocycles. The average Bonchev–Trinajstić information content (AvgIpc) is 2.94. The van der Waals surface area contributed by atoms with E-state index < -0.39 is 0 Å². The Hall–Kier alpha value is -2.94. The summed E-state index contributed by atoms with van der Waals surface area (Å²) in [5, 5.41) is 10.1. The predicted octanol–water partition coefficient (Wildman–Crippen LogP) is 7.48. The molecule has 0 spiro atoms. The van der Waals surface area contributed by atoms with Crippen molar-refractivity contribution < 1.29 is 0 Å². The summed E-state index contributed by atoms with van der Waals surface area (Å²) < 4.78 is 0. The smallest absolute Gasteiger partial charge is 0.0536 e. The van der Waals surface area contributed by atoms with E-state index in [4.69, 9.17) is 0 Å². The molecule has 0 fully saturated rings. The molecule has 2 nitrogen and oxygen atoms in total. The lowest BCUT2D eigenvalue weighted by Gasteiger charge is -2.43. The van der Waals surface area contributed by atoms with Crippen LogP contribution in [0.3, 0.4) is 0 Å². The van der Waals surface area contributed by atoms with Gasteiger partial charge in [-0.15, -0.1) is 0 Å². The van der Waals surface area contributed by atoms with Gasteiger partial charge in [0.2, 0.25) is 0 Å². The molecule has 0 saturated carbocycles. The normalized spacial score (nSPS) is 14.1. The van der Waals surface area contributed by atoms with Crippen molar-refractivity contribution in [3.05, 3.63) is 126 Å². The summed E-state index contributed by atoms with van der Waals surface area (Å²) in [7, 11) is 4.26. The lowest BCUT2D eigenvalue weighted by atomic mass is 9.69. The molecular formula is C34H41N2. The van der Waals surface area contributed by atoms with Gasteiger partial charge >= 0.3 is 0 Å². The molecule has 4 aromatic carbocycles. The van der Waals surface area contributed by atoms with Gasteiger partial charge in [-0.3, -0.25) is 0 Å². The van der Waals surface area contributed by atoms with E-state index in [2.05, 4.69) is 135 Å². The number of hydrogen-bond donors (Lipinski definition) is 2. The van der Waals surface area contributed by atoms with E-state index in [0.29, 0.717) is 6.04 Å². The molecule has 187 valence electrons. The van der Waals surface area contributed by atoms with Crippen molar-refractivity contribution in [2.24, 2.45) is 0 Å². The maximum absolute atomic E-state index is 3.88. The molecule has 0 amide bonds. The minimum atomic E-state index is -0.244. The summed E-state index contributed by atoms with van der Waals surface area (Å²) in [6.45, 7) is 2.30. The zero-order chi connectivity index (χ0) is 25.2. The summed E-state index contributed by atoms with van der Waals surface area (Å²) in [6, 6.07) is 38.0. The Labute approximate surface area is 218 Å². The molecule has 2 unspecified atom stereocenters. The quantitative estimate of drug-likeness (QED) is 0.208. The number of hydrogen-bond acceptors (Lipinski definition) is 2. The molecule has 4 aromatic rings. The average molecular weight is 478 g/mol. The van der Waals surface area contributed by atoms with E-state index in [0.717, 1.165) is 25.7 Å². The zero-order valence-corrected chi connectivity index (χ0v) is 22.1. The monoisotopic (exact) mass is 477 g/mol. The van der Waals surface area contributed by atoms with Gasteiger partial charge in [-0.05, 0) is 73.3 Å². The van der Waals surface area contributed by atoms with Gasteiger partial charge in [0.25, 0.3) is 0 Å². The lowest BCUT2D eigenvalue weighted by Crippen LogP contribution is -2.49. The zero-order valence-electron chi connectivity index (χ0n) is 22.1. The van der Waals surface area contributed by atoms with Crippen LogP contribution in [0.15, 0.2) is 103 Å². The Morgan fingerprint density at radius 2 is 1.39 bits per heavy atom. The molecule has 1 radical (unpaired) electrons. The van der Waals surface area contributed by atoms with Crippen LogP contribution in [0.4, 0.5) is 0 Å². The number of nitrogens with one attached hydrogen (secondary N) is 2. The fourth-order valence-electron chi connectivity index (χ4n) is 5.55. The standard InChI is InChI=1S/C34H41N2/c1-4-5-20-31(25-33(35-2)23-27-14-8-6-9-15-27)34(36-3,26-28-16-10-7-11-17-28)32-22-21-29-18-12-13-19-30(29)24-32/h6-19,21-22,24,33,35-36H,4-5,20,23,25-26H2,1-3H3. The van der Waals surface area contributed by atoms with E-state index >= 15 is 0 Å². The Bertz CT molecular complexity index is 1190. The molecule has 0 aliphatic rings. The second-order valence-electron chi connectivity index (χ2n) is 9.97. The number of unbranched alkanes of at least 4 members (excludes halogenated alkanes) is 1. The number of benzene rings is 4. The summed E-state index contributed by atoms with van der Waals surface area (Å²) in [5.74, 6) is 1.58. The minimum Gasteiger partial charge on any atom is -0.317 e. The Balaban J connectivity index is 1.77. The highest BCUT2D eigenvalue weighted by Gasteiger charge is 2.40. The SMILES string of the molecule is CCCC[C](CC(Cc1ccccc1)NC)C(Cc1ccccc1)(NC)c1ccc2ccccc2c1. The van der Waals surface area contributed by atoms with Crippen LogP contribution in [0, 0.1) is 5.92 Å². The fraction of sp³-hybridized carbons (Fsp3) is 0.324. The van der Waals surface area contributed by atoms with Crippen LogP contribution in [-0.2, 0) is 18.4 Å². The van der Waals surface area contributed by atoms with Crippen molar-refractivity contribution in [1.29, 1.82) is 0 Å². The van der Waals surface area contributed by atoms with Gasteiger partial charge in [-0.25, -0.2) is 0 Å². The van der Waals surface area contributed by atoms with Crippen molar-refractivity contribution in [1.82, 2.24) is 10.6 Å². The third-order valence-electron chi connectivity index (χ3n) is 7.64. The van der Waals surface area contributed by atoms with Crippen LogP contribution in [-0.4, -0.2) is 20.1 Å². The van der Waals surface area contributed by atoms with E-state index in [-0.39, 0.29) is 5.54 Å². The molecule has 2 atom stereocenters. The maximum atomic E-state index is 3.88. The van der Waals surface area contributed by atoms with Gasteiger partial charge in [0.15, 0.2) is 0 Å². The molecule has 2 heteroatoms. The topological polar surface area (TPSA) is 24.1 Å².